The number of hydrogen-bond donors (Lipinski definition) is 1. The summed E-state index contributed by atoms with van der Waals surface area (Å²) in [5.41, 5.74) is 0.639. The lowest BCUT2D eigenvalue weighted by Gasteiger charge is -2.35. The monoisotopic (exact) mass is 223 g/mol. The molecule has 16 heavy (non-hydrogen) atoms. The first-order valence-corrected chi connectivity index (χ1v) is 5.53. The highest BCUT2D eigenvalue weighted by Gasteiger charge is 2.23. The summed E-state index contributed by atoms with van der Waals surface area (Å²) >= 11 is 0. The predicted octanol–water partition coefficient (Wildman–Crippen LogP) is 0.692. The third-order valence-electron chi connectivity index (χ3n) is 2.58. The van der Waals surface area contributed by atoms with Gasteiger partial charge in [0.2, 0.25) is 5.95 Å². The number of anilines is 1. The number of aromatic nitrogens is 2. The van der Waals surface area contributed by atoms with Crippen molar-refractivity contribution in [2.24, 2.45) is 0 Å². The van der Waals surface area contributed by atoms with E-state index >= 15 is 0 Å². The third-order valence-corrected chi connectivity index (χ3v) is 2.58. The van der Waals surface area contributed by atoms with Crippen LogP contribution in [0.3, 0.4) is 0 Å². The first kappa shape index (κ1) is 11.1. The van der Waals surface area contributed by atoms with Crippen molar-refractivity contribution in [3.8, 4) is 0 Å². The van der Waals surface area contributed by atoms with Crippen molar-refractivity contribution in [1.82, 2.24) is 9.97 Å². The molecular formula is C11H17N3O2. The van der Waals surface area contributed by atoms with Gasteiger partial charge in [-0.05, 0) is 20.8 Å². The normalized spacial score (nSPS) is 25.8. The van der Waals surface area contributed by atoms with Crippen LogP contribution in [0.1, 0.15) is 19.5 Å². The Morgan fingerprint density at radius 3 is 2.62 bits per heavy atom. The summed E-state index contributed by atoms with van der Waals surface area (Å²) in [5.74, 6) is 0.645. The standard InChI is InChI=1S/C11H17N3O2/c1-7-4-10(15)13-11(12-7)14-5-8(2)16-9(3)6-14/h4,8-9H,5-6H2,1-3H3,(H,12,13,15). The number of ether oxygens (including phenoxy) is 1. The van der Waals surface area contributed by atoms with E-state index in [1.165, 1.54) is 6.07 Å². The molecule has 5 nitrogen and oxygen atoms in total. The van der Waals surface area contributed by atoms with E-state index in [0.717, 1.165) is 18.8 Å². The van der Waals surface area contributed by atoms with Gasteiger partial charge >= 0.3 is 0 Å². The molecule has 2 heterocycles. The maximum atomic E-state index is 11.4. The zero-order chi connectivity index (χ0) is 11.7. The predicted molar refractivity (Wildman–Crippen MR) is 61.8 cm³/mol. The zero-order valence-electron chi connectivity index (χ0n) is 9.86. The van der Waals surface area contributed by atoms with Gasteiger partial charge in [-0.1, -0.05) is 0 Å². The molecule has 0 saturated carbocycles. The first-order valence-electron chi connectivity index (χ1n) is 5.53. The summed E-state index contributed by atoms with van der Waals surface area (Å²) in [6.45, 7) is 7.40. The molecule has 1 fully saturated rings. The fourth-order valence-corrected chi connectivity index (χ4v) is 2.06. The first-order chi connectivity index (χ1) is 7.54. The molecule has 0 bridgehead atoms. The van der Waals surface area contributed by atoms with E-state index in [4.69, 9.17) is 4.74 Å². The van der Waals surface area contributed by atoms with Gasteiger partial charge in [-0.3, -0.25) is 9.78 Å². The number of aromatic amines is 1. The molecule has 1 aliphatic heterocycles. The Morgan fingerprint density at radius 1 is 1.44 bits per heavy atom. The topological polar surface area (TPSA) is 58.2 Å². The van der Waals surface area contributed by atoms with E-state index in [9.17, 15) is 4.79 Å². The number of aryl methyl sites for hydroxylation is 1. The Bertz CT molecular complexity index is 419. The van der Waals surface area contributed by atoms with Crippen LogP contribution in [0.25, 0.3) is 0 Å². The van der Waals surface area contributed by atoms with Gasteiger partial charge in [0.1, 0.15) is 0 Å². The van der Waals surface area contributed by atoms with Gasteiger partial charge in [0.05, 0.1) is 12.2 Å². The summed E-state index contributed by atoms with van der Waals surface area (Å²) in [5, 5.41) is 0. The minimum Gasteiger partial charge on any atom is -0.372 e. The highest BCUT2D eigenvalue weighted by atomic mass is 16.5. The molecular weight excluding hydrogens is 206 g/mol. The Hall–Kier alpha value is -1.36. The van der Waals surface area contributed by atoms with Crippen molar-refractivity contribution in [3.63, 3.8) is 0 Å². The molecule has 5 heteroatoms. The maximum absolute atomic E-state index is 11.4. The van der Waals surface area contributed by atoms with Crippen LogP contribution in [0.2, 0.25) is 0 Å². The van der Waals surface area contributed by atoms with Crippen LogP contribution in [-0.2, 0) is 4.74 Å². The molecule has 0 aliphatic carbocycles. The fourth-order valence-electron chi connectivity index (χ4n) is 2.06. The Labute approximate surface area is 94.5 Å². The average molecular weight is 223 g/mol. The van der Waals surface area contributed by atoms with Gasteiger partial charge in [-0.15, -0.1) is 0 Å². The molecule has 0 aromatic carbocycles. The van der Waals surface area contributed by atoms with E-state index in [1.54, 1.807) is 0 Å². The average Bonchev–Trinajstić information content (AvgIpc) is 2.14. The van der Waals surface area contributed by atoms with Crippen LogP contribution in [0, 0.1) is 6.92 Å². The lowest BCUT2D eigenvalue weighted by molar-refractivity contribution is -0.00574. The molecule has 2 atom stereocenters. The van der Waals surface area contributed by atoms with Crippen molar-refractivity contribution in [1.29, 1.82) is 0 Å². The van der Waals surface area contributed by atoms with Crippen LogP contribution < -0.4 is 10.5 Å². The molecule has 88 valence electrons. The second-order valence-electron chi connectivity index (χ2n) is 4.37. The SMILES string of the molecule is Cc1cc(=O)[nH]c(N2CC(C)OC(C)C2)n1. The van der Waals surface area contributed by atoms with Crippen LogP contribution in [0.15, 0.2) is 10.9 Å². The zero-order valence-corrected chi connectivity index (χ0v) is 9.86. The summed E-state index contributed by atoms with van der Waals surface area (Å²) in [7, 11) is 0. The van der Waals surface area contributed by atoms with Gasteiger partial charge < -0.3 is 9.64 Å². The summed E-state index contributed by atoms with van der Waals surface area (Å²) in [4.78, 5) is 20.5. The van der Waals surface area contributed by atoms with Gasteiger partial charge in [-0.25, -0.2) is 4.98 Å². The molecule has 0 amide bonds. The summed E-state index contributed by atoms with van der Waals surface area (Å²) in [6.07, 6.45) is 0.323. The minimum atomic E-state index is -0.103. The number of nitrogens with one attached hydrogen (secondary N) is 1. The minimum absolute atomic E-state index is 0.103. The van der Waals surface area contributed by atoms with Crippen LogP contribution in [-0.4, -0.2) is 35.3 Å². The molecule has 1 saturated heterocycles. The number of H-pyrrole nitrogens is 1. The van der Waals surface area contributed by atoms with Crippen molar-refractivity contribution in [2.45, 2.75) is 33.0 Å². The molecule has 1 aromatic heterocycles. The van der Waals surface area contributed by atoms with Gasteiger partial charge in [-0.2, -0.15) is 0 Å². The van der Waals surface area contributed by atoms with Gasteiger partial charge in [0, 0.05) is 24.8 Å². The number of rotatable bonds is 1. The fraction of sp³-hybridized carbons (Fsp3) is 0.636. The highest BCUT2D eigenvalue weighted by Crippen LogP contribution is 2.15. The smallest absolute Gasteiger partial charge is 0.252 e. The summed E-state index contributed by atoms with van der Waals surface area (Å²) in [6, 6.07) is 1.50. The van der Waals surface area contributed by atoms with Gasteiger partial charge in [0.15, 0.2) is 0 Å². The lowest BCUT2D eigenvalue weighted by atomic mass is 10.2. The van der Waals surface area contributed by atoms with E-state index < -0.39 is 0 Å². The largest absolute Gasteiger partial charge is 0.372 e. The molecule has 1 aliphatic rings. The third kappa shape index (κ3) is 2.41. The van der Waals surface area contributed by atoms with Crippen LogP contribution in [0.5, 0.6) is 0 Å². The molecule has 2 unspecified atom stereocenters. The Balaban J connectivity index is 2.26. The van der Waals surface area contributed by atoms with Crippen molar-refractivity contribution >= 4 is 5.95 Å². The lowest BCUT2D eigenvalue weighted by Crippen LogP contribution is -2.46. The summed E-state index contributed by atoms with van der Waals surface area (Å²) < 4.78 is 5.64. The molecule has 1 aromatic rings. The highest BCUT2D eigenvalue weighted by molar-refractivity contribution is 5.31. The maximum Gasteiger partial charge on any atom is 0.252 e. The Kier molecular flexibility index (Phi) is 2.96. The van der Waals surface area contributed by atoms with Crippen LogP contribution in [0.4, 0.5) is 5.95 Å². The number of morpholine rings is 1. The van der Waals surface area contributed by atoms with Gasteiger partial charge in [0.25, 0.3) is 5.56 Å². The second kappa shape index (κ2) is 4.25. The second-order valence-corrected chi connectivity index (χ2v) is 4.37. The van der Waals surface area contributed by atoms with E-state index in [-0.39, 0.29) is 17.8 Å². The molecule has 1 N–H and O–H groups in total. The van der Waals surface area contributed by atoms with E-state index in [0.29, 0.717) is 5.95 Å². The van der Waals surface area contributed by atoms with Crippen molar-refractivity contribution in [3.05, 3.63) is 22.1 Å². The molecule has 0 spiro atoms. The van der Waals surface area contributed by atoms with E-state index in [1.807, 2.05) is 20.8 Å². The van der Waals surface area contributed by atoms with Crippen molar-refractivity contribution in [2.75, 3.05) is 18.0 Å². The molecule has 0 radical (unpaired) electrons. The molecule has 2 rings (SSSR count). The number of nitrogens with zero attached hydrogens (tertiary/aromatic N) is 2. The number of hydrogen-bond acceptors (Lipinski definition) is 4. The van der Waals surface area contributed by atoms with E-state index in [2.05, 4.69) is 14.9 Å². The Morgan fingerprint density at radius 2 is 2.06 bits per heavy atom. The quantitative estimate of drug-likeness (QED) is 0.761. The van der Waals surface area contributed by atoms with Crippen molar-refractivity contribution < 1.29 is 4.74 Å². The van der Waals surface area contributed by atoms with Crippen LogP contribution >= 0.6 is 0 Å².